The first-order valence-corrected chi connectivity index (χ1v) is 4.73. The molecule has 0 heterocycles. The SMILES string of the molecule is C=CC[C@H](O)c1ccc(OC)c(OC)c1. The van der Waals surface area contributed by atoms with E-state index in [1.54, 1.807) is 32.4 Å². The lowest BCUT2D eigenvalue weighted by Crippen LogP contribution is -1.98. The number of hydrogen-bond donors (Lipinski definition) is 1. The van der Waals surface area contributed by atoms with Gasteiger partial charge in [-0.2, -0.15) is 0 Å². The highest BCUT2D eigenvalue weighted by Gasteiger charge is 2.09. The Morgan fingerprint density at radius 1 is 1.33 bits per heavy atom. The molecule has 82 valence electrons. The Hall–Kier alpha value is -1.48. The van der Waals surface area contributed by atoms with Crippen LogP contribution in [0.2, 0.25) is 0 Å². The van der Waals surface area contributed by atoms with Crippen LogP contribution >= 0.6 is 0 Å². The second-order valence-electron chi connectivity index (χ2n) is 3.15. The molecule has 1 N–H and O–H groups in total. The molecule has 0 aliphatic carbocycles. The first-order valence-electron chi connectivity index (χ1n) is 4.73. The number of ether oxygens (including phenoxy) is 2. The predicted molar refractivity (Wildman–Crippen MR) is 59.3 cm³/mol. The summed E-state index contributed by atoms with van der Waals surface area (Å²) >= 11 is 0. The molecule has 0 amide bonds. The van der Waals surface area contributed by atoms with Gasteiger partial charge in [0, 0.05) is 0 Å². The van der Waals surface area contributed by atoms with E-state index in [0.717, 1.165) is 5.56 Å². The average Bonchev–Trinajstić information content (AvgIpc) is 2.28. The van der Waals surface area contributed by atoms with E-state index in [4.69, 9.17) is 9.47 Å². The monoisotopic (exact) mass is 208 g/mol. The lowest BCUT2D eigenvalue weighted by Gasteiger charge is -2.12. The molecule has 3 nitrogen and oxygen atoms in total. The Morgan fingerprint density at radius 2 is 2.00 bits per heavy atom. The van der Waals surface area contributed by atoms with Crippen LogP contribution in [0.5, 0.6) is 11.5 Å². The van der Waals surface area contributed by atoms with Gasteiger partial charge in [0.25, 0.3) is 0 Å². The third-order valence-electron chi connectivity index (χ3n) is 2.18. The summed E-state index contributed by atoms with van der Waals surface area (Å²) < 4.78 is 10.2. The minimum atomic E-state index is -0.540. The summed E-state index contributed by atoms with van der Waals surface area (Å²) in [6.07, 6.45) is 1.67. The molecule has 0 fully saturated rings. The summed E-state index contributed by atoms with van der Waals surface area (Å²) in [4.78, 5) is 0. The number of hydrogen-bond acceptors (Lipinski definition) is 3. The predicted octanol–water partition coefficient (Wildman–Crippen LogP) is 2.31. The molecule has 0 saturated carbocycles. The third kappa shape index (κ3) is 2.73. The Kier molecular flexibility index (Phi) is 4.18. The smallest absolute Gasteiger partial charge is 0.161 e. The summed E-state index contributed by atoms with van der Waals surface area (Å²) in [5.41, 5.74) is 0.799. The van der Waals surface area contributed by atoms with Crippen LogP contribution in [-0.2, 0) is 0 Å². The quantitative estimate of drug-likeness (QED) is 0.755. The minimum Gasteiger partial charge on any atom is -0.493 e. The second-order valence-corrected chi connectivity index (χ2v) is 3.15. The van der Waals surface area contributed by atoms with Gasteiger partial charge in [-0.05, 0) is 24.1 Å². The Labute approximate surface area is 90.0 Å². The lowest BCUT2D eigenvalue weighted by atomic mass is 10.1. The molecule has 0 aliphatic heterocycles. The molecule has 0 unspecified atom stereocenters. The summed E-state index contributed by atoms with van der Waals surface area (Å²) in [5, 5.41) is 9.74. The number of methoxy groups -OCH3 is 2. The highest BCUT2D eigenvalue weighted by molar-refractivity contribution is 5.43. The van der Waals surface area contributed by atoms with Gasteiger partial charge in [0.2, 0.25) is 0 Å². The van der Waals surface area contributed by atoms with Crippen LogP contribution in [-0.4, -0.2) is 19.3 Å². The minimum absolute atomic E-state index is 0.523. The summed E-state index contributed by atoms with van der Waals surface area (Å²) in [6.45, 7) is 3.59. The molecule has 0 spiro atoms. The van der Waals surface area contributed by atoms with E-state index in [2.05, 4.69) is 6.58 Å². The second kappa shape index (κ2) is 5.41. The van der Waals surface area contributed by atoms with Crippen LogP contribution in [0.3, 0.4) is 0 Å². The summed E-state index contributed by atoms with van der Waals surface area (Å²) in [7, 11) is 3.15. The normalized spacial score (nSPS) is 11.9. The fourth-order valence-corrected chi connectivity index (χ4v) is 1.35. The van der Waals surface area contributed by atoms with Gasteiger partial charge >= 0.3 is 0 Å². The van der Waals surface area contributed by atoms with Gasteiger partial charge < -0.3 is 14.6 Å². The fraction of sp³-hybridized carbons (Fsp3) is 0.333. The number of aliphatic hydroxyl groups is 1. The van der Waals surface area contributed by atoms with Gasteiger partial charge in [-0.3, -0.25) is 0 Å². The maximum atomic E-state index is 9.74. The molecule has 0 radical (unpaired) electrons. The highest BCUT2D eigenvalue weighted by Crippen LogP contribution is 2.30. The molecule has 0 bridgehead atoms. The van der Waals surface area contributed by atoms with Gasteiger partial charge in [-0.15, -0.1) is 6.58 Å². The maximum absolute atomic E-state index is 9.74. The van der Waals surface area contributed by atoms with Gasteiger partial charge in [0.15, 0.2) is 11.5 Å². The Bertz CT molecular complexity index is 334. The van der Waals surface area contributed by atoms with Crippen molar-refractivity contribution >= 4 is 0 Å². The van der Waals surface area contributed by atoms with Crippen LogP contribution in [0, 0.1) is 0 Å². The van der Waals surface area contributed by atoms with Crippen molar-refractivity contribution < 1.29 is 14.6 Å². The lowest BCUT2D eigenvalue weighted by molar-refractivity contribution is 0.181. The van der Waals surface area contributed by atoms with Crippen molar-refractivity contribution in [2.75, 3.05) is 14.2 Å². The zero-order chi connectivity index (χ0) is 11.3. The third-order valence-corrected chi connectivity index (χ3v) is 2.18. The van der Waals surface area contributed by atoms with Crippen molar-refractivity contribution in [1.29, 1.82) is 0 Å². The zero-order valence-corrected chi connectivity index (χ0v) is 9.06. The van der Waals surface area contributed by atoms with Gasteiger partial charge in [0.05, 0.1) is 20.3 Å². The van der Waals surface area contributed by atoms with E-state index in [0.29, 0.717) is 17.9 Å². The van der Waals surface area contributed by atoms with Crippen molar-refractivity contribution in [2.24, 2.45) is 0 Å². The van der Waals surface area contributed by atoms with Crippen molar-refractivity contribution in [2.45, 2.75) is 12.5 Å². The standard InChI is InChI=1S/C12H16O3/c1-4-5-10(13)9-6-7-11(14-2)12(8-9)15-3/h4,6-8,10,13H,1,5H2,2-3H3/t10-/m0/s1. The Balaban J connectivity index is 2.96. The van der Waals surface area contributed by atoms with Crippen molar-refractivity contribution in [3.8, 4) is 11.5 Å². The van der Waals surface area contributed by atoms with Gasteiger partial charge in [-0.25, -0.2) is 0 Å². The number of aliphatic hydroxyl groups excluding tert-OH is 1. The fourth-order valence-electron chi connectivity index (χ4n) is 1.35. The molecule has 0 aromatic heterocycles. The van der Waals surface area contributed by atoms with E-state index in [1.165, 1.54) is 0 Å². The van der Waals surface area contributed by atoms with Gasteiger partial charge in [0.1, 0.15) is 0 Å². The number of rotatable bonds is 5. The zero-order valence-electron chi connectivity index (χ0n) is 9.06. The van der Waals surface area contributed by atoms with Crippen LogP contribution in [0.15, 0.2) is 30.9 Å². The van der Waals surface area contributed by atoms with Crippen LogP contribution in [0.1, 0.15) is 18.1 Å². The largest absolute Gasteiger partial charge is 0.493 e. The first kappa shape index (κ1) is 11.6. The topological polar surface area (TPSA) is 38.7 Å². The van der Waals surface area contributed by atoms with Crippen molar-refractivity contribution in [3.63, 3.8) is 0 Å². The van der Waals surface area contributed by atoms with Gasteiger partial charge in [-0.1, -0.05) is 12.1 Å². The molecular formula is C12H16O3. The maximum Gasteiger partial charge on any atom is 0.161 e. The molecule has 0 saturated heterocycles. The summed E-state index contributed by atoms with van der Waals surface area (Å²) in [6, 6.07) is 5.36. The molecule has 1 rings (SSSR count). The molecule has 0 aliphatic rings. The summed E-state index contributed by atoms with van der Waals surface area (Å²) in [5.74, 6) is 1.28. The van der Waals surface area contributed by atoms with E-state index >= 15 is 0 Å². The first-order chi connectivity index (χ1) is 7.22. The molecule has 1 atom stereocenters. The van der Waals surface area contributed by atoms with E-state index in [1.807, 2.05) is 6.07 Å². The van der Waals surface area contributed by atoms with Crippen molar-refractivity contribution in [3.05, 3.63) is 36.4 Å². The van der Waals surface area contributed by atoms with Crippen LogP contribution < -0.4 is 9.47 Å². The number of benzene rings is 1. The average molecular weight is 208 g/mol. The molecule has 1 aromatic rings. The Morgan fingerprint density at radius 3 is 2.53 bits per heavy atom. The van der Waals surface area contributed by atoms with Crippen LogP contribution in [0.4, 0.5) is 0 Å². The molecule has 15 heavy (non-hydrogen) atoms. The van der Waals surface area contributed by atoms with E-state index in [-0.39, 0.29) is 0 Å². The van der Waals surface area contributed by atoms with Crippen molar-refractivity contribution in [1.82, 2.24) is 0 Å². The molecule has 3 heteroatoms. The highest BCUT2D eigenvalue weighted by atomic mass is 16.5. The van der Waals surface area contributed by atoms with Crippen LogP contribution in [0.25, 0.3) is 0 Å². The van der Waals surface area contributed by atoms with E-state index < -0.39 is 6.10 Å². The molecular weight excluding hydrogens is 192 g/mol. The van der Waals surface area contributed by atoms with E-state index in [9.17, 15) is 5.11 Å². The molecule has 1 aromatic carbocycles.